The molecule has 5 rings (SSSR count). The van der Waals surface area contributed by atoms with Gasteiger partial charge >= 0.3 is 0 Å². The average molecular weight is 405 g/mol. The minimum Gasteiger partial charge on any atom is -0.361 e. The Balaban J connectivity index is 1.08. The summed E-state index contributed by atoms with van der Waals surface area (Å²) >= 11 is 0. The Morgan fingerprint density at radius 2 is 1.93 bits per heavy atom. The van der Waals surface area contributed by atoms with E-state index in [-0.39, 0.29) is 5.91 Å². The number of piperidine rings is 1. The minimum absolute atomic E-state index is 0.00998. The van der Waals surface area contributed by atoms with Crippen LogP contribution in [0.1, 0.15) is 41.2 Å². The zero-order valence-corrected chi connectivity index (χ0v) is 17.0. The number of rotatable bonds is 5. The maximum atomic E-state index is 12.5. The van der Waals surface area contributed by atoms with Crippen molar-refractivity contribution in [2.24, 2.45) is 5.92 Å². The van der Waals surface area contributed by atoms with Crippen LogP contribution in [-0.2, 0) is 0 Å². The van der Waals surface area contributed by atoms with Crippen molar-refractivity contribution in [2.45, 2.75) is 31.5 Å². The van der Waals surface area contributed by atoms with E-state index in [1.54, 1.807) is 0 Å². The van der Waals surface area contributed by atoms with Crippen LogP contribution in [-0.4, -0.2) is 46.6 Å². The van der Waals surface area contributed by atoms with Gasteiger partial charge in [0.15, 0.2) is 0 Å². The molecule has 2 fully saturated rings. The summed E-state index contributed by atoms with van der Waals surface area (Å²) in [6.07, 6.45) is 9.20. The summed E-state index contributed by atoms with van der Waals surface area (Å²) in [6.45, 7) is 2.85. The van der Waals surface area contributed by atoms with E-state index < -0.39 is 0 Å². The number of likely N-dealkylation sites (tertiary alicyclic amines) is 1. The van der Waals surface area contributed by atoms with E-state index >= 15 is 0 Å². The van der Waals surface area contributed by atoms with Crippen LogP contribution in [0.4, 0.5) is 0 Å². The molecule has 0 spiro atoms. The highest BCUT2D eigenvalue weighted by molar-refractivity contribution is 5.97. The van der Waals surface area contributed by atoms with Gasteiger partial charge in [-0.3, -0.25) is 14.7 Å². The fourth-order valence-corrected chi connectivity index (χ4v) is 4.59. The molecule has 1 aromatic carbocycles. The molecule has 1 amide bonds. The second kappa shape index (κ2) is 8.55. The highest BCUT2D eigenvalue weighted by Gasteiger charge is 2.31. The lowest BCUT2D eigenvalue weighted by Crippen LogP contribution is -2.49. The number of nitrogens with zero attached hydrogens (tertiary/aromatic N) is 2. The monoisotopic (exact) mass is 404 g/mol. The van der Waals surface area contributed by atoms with Gasteiger partial charge in [-0.15, -0.1) is 0 Å². The van der Waals surface area contributed by atoms with E-state index in [2.05, 4.69) is 43.2 Å². The van der Waals surface area contributed by atoms with E-state index in [1.807, 2.05) is 42.9 Å². The molecule has 2 aliphatic rings. The Morgan fingerprint density at radius 1 is 1.10 bits per heavy atom. The van der Waals surface area contributed by atoms with Crippen LogP contribution >= 0.6 is 0 Å². The number of nitrogens with one attached hydrogen (secondary N) is 4. The van der Waals surface area contributed by atoms with Crippen LogP contribution in [0.15, 0.2) is 55.0 Å². The Morgan fingerprint density at radius 3 is 2.77 bits per heavy atom. The number of fused-ring (bicyclic) bond motifs is 1. The highest BCUT2D eigenvalue weighted by atomic mass is 16.1. The van der Waals surface area contributed by atoms with Crippen LogP contribution in [0.3, 0.4) is 0 Å². The summed E-state index contributed by atoms with van der Waals surface area (Å²) in [5.74, 6) is 0.542. The molecular weight excluding hydrogens is 376 g/mol. The Bertz CT molecular complexity index is 995. The molecule has 30 heavy (non-hydrogen) atoms. The van der Waals surface area contributed by atoms with Crippen molar-refractivity contribution in [2.75, 3.05) is 19.6 Å². The molecule has 7 heteroatoms. The molecule has 2 atom stereocenters. The molecule has 0 bridgehead atoms. The molecule has 0 radical (unpaired) electrons. The molecule has 3 aromatic rings. The first-order chi connectivity index (χ1) is 14.8. The molecule has 7 nitrogen and oxygen atoms in total. The fourth-order valence-electron chi connectivity index (χ4n) is 4.59. The van der Waals surface area contributed by atoms with Gasteiger partial charge in [-0.1, -0.05) is 6.07 Å². The number of aromatic nitrogens is 2. The van der Waals surface area contributed by atoms with Gasteiger partial charge in [-0.2, -0.15) is 0 Å². The summed E-state index contributed by atoms with van der Waals surface area (Å²) < 4.78 is 0. The van der Waals surface area contributed by atoms with Crippen LogP contribution in [0.25, 0.3) is 10.9 Å². The number of pyridine rings is 1. The standard InChI is InChI=1S/C23H28N6O/c30-23(19-2-1-17-5-10-25-20(17)13-19)26-15-16-6-11-29(12-7-16)22-14-21(27-28-22)18-3-8-24-9-4-18/h1-5,8-10,13,16,21-22,25,27-28H,6-7,11-12,14-15H2,(H,26,30). The quantitative estimate of drug-likeness (QED) is 0.525. The molecule has 4 heterocycles. The van der Waals surface area contributed by atoms with Crippen molar-refractivity contribution < 1.29 is 4.79 Å². The van der Waals surface area contributed by atoms with E-state index in [1.165, 1.54) is 5.56 Å². The van der Waals surface area contributed by atoms with Crippen LogP contribution in [0.2, 0.25) is 0 Å². The Kier molecular flexibility index (Phi) is 5.48. The van der Waals surface area contributed by atoms with Gasteiger partial charge in [-0.25, -0.2) is 10.9 Å². The highest BCUT2D eigenvalue weighted by Crippen LogP contribution is 2.26. The van der Waals surface area contributed by atoms with Crippen molar-refractivity contribution in [3.05, 3.63) is 66.1 Å². The van der Waals surface area contributed by atoms with E-state index in [0.29, 0.717) is 23.7 Å². The van der Waals surface area contributed by atoms with E-state index in [0.717, 1.165) is 49.8 Å². The van der Waals surface area contributed by atoms with Gasteiger partial charge in [-0.05, 0) is 79.6 Å². The van der Waals surface area contributed by atoms with Crippen LogP contribution in [0, 0.1) is 5.92 Å². The first kappa shape index (κ1) is 19.2. The summed E-state index contributed by atoms with van der Waals surface area (Å²) in [5.41, 5.74) is 9.86. The number of amides is 1. The molecule has 2 unspecified atom stereocenters. The molecular formula is C23H28N6O. The lowest BCUT2D eigenvalue weighted by molar-refractivity contribution is 0.0914. The number of carbonyl (C=O) groups excluding carboxylic acids is 1. The van der Waals surface area contributed by atoms with Gasteiger partial charge in [0, 0.05) is 42.3 Å². The average Bonchev–Trinajstić information content (AvgIpc) is 3.48. The normalized spacial score (nSPS) is 23.1. The third-order valence-corrected chi connectivity index (χ3v) is 6.45. The summed E-state index contributed by atoms with van der Waals surface area (Å²) in [5, 5.41) is 4.26. The fraction of sp³-hybridized carbons (Fsp3) is 0.391. The molecule has 0 saturated carbocycles. The van der Waals surface area contributed by atoms with Gasteiger partial charge in [0.05, 0.1) is 6.17 Å². The van der Waals surface area contributed by atoms with E-state index in [9.17, 15) is 4.79 Å². The number of aromatic amines is 1. The van der Waals surface area contributed by atoms with Gasteiger partial charge < -0.3 is 10.3 Å². The van der Waals surface area contributed by atoms with Crippen molar-refractivity contribution in [1.29, 1.82) is 0 Å². The molecule has 0 aliphatic carbocycles. The molecule has 2 aliphatic heterocycles. The van der Waals surface area contributed by atoms with Crippen molar-refractivity contribution in [3.8, 4) is 0 Å². The first-order valence-electron chi connectivity index (χ1n) is 10.8. The van der Waals surface area contributed by atoms with Gasteiger partial charge in [0.25, 0.3) is 5.91 Å². The summed E-state index contributed by atoms with van der Waals surface area (Å²) in [6, 6.07) is 12.3. The third kappa shape index (κ3) is 4.09. The molecule has 2 saturated heterocycles. The van der Waals surface area contributed by atoms with Crippen LogP contribution in [0.5, 0.6) is 0 Å². The largest absolute Gasteiger partial charge is 0.361 e. The Labute approximate surface area is 176 Å². The van der Waals surface area contributed by atoms with Gasteiger partial charge in [0.1, 0.15) is 0 Å². The number of carbonyl (C=O) groups is 1. The second-order valence-electron chi connectivity index (χ2n) is 8.34. The van der Waals surface area contributed by atoms with Gasteiger partial charge in [0.2, 0.25) is 0 Å². The van der Waals surface area contributed by atoms with E-state index in [4.69, 9.17) is 0 Å². The van der Waals surface area contributed by atoms with Crippen molar-refractivity contribution in [1.82, 2.24) is 31.0 Å². The topological polar surface area (TPSA) is 85.1 Å². The lowest BCUT2D eigenvalue weighted by Gasteiger charge is -2.35. The minimum atomic E-state index is 0.00998. The first-order valence-corrected chi connectivity index (χ1v) is 10.8. The SMILES string of the molecule is O=C(NCC1CCN(C2CC(c3ccncc3)NN2)CC1)c1ccc2cc[nH]c2c1. The number of benzene rings is 1. The molecule has 4 N–H and O–H groups in total. The number of hydrogen-bond acceptors (Lipinski definition) is 5. The number of hydrogen-bond donors (Lipinski definition) is 4. The predicted molar refractivity (Wildman–Crippen MR) is 117 cm³/mol. The zero-order valence-electron chi connectivity index (χ0n) is 17.0. The second-order valence-corrected chi connectivity index (χ2v) is 8.34. The molecule has 2 aromatic heterocycles. The molecule has 156 valence electrons. The van der Waals surface area contributed by atoms with Crippen LogP contribution < -0.4 is 16.2 Å². The summed E-state index contributed by atoms with van der Waals surface area (Å²) in [4.78, 5) is 22.3. The third-order valence-electron chi connectivity index (χ3n) is 6.45. The van der Waals surface area contributed by atoms with Crippen molar-refractivity contribution in [3.63, 3.8) is 0 Å². The number of H-pyrrole nitrogens is 1. The maximum absolute atomic E-state index is 12.5. The smallest absolute Gasteiger partial charge is 0.251 e. The van der Waals surface area contributed by atoms with Crippen molar-refractivity contribution >= 4 is 16.8 Å². The number of hydrazine groups is 1. The predicted octanol–water partition coefficient (Wildman–Crippen LogP) is 2.57. The summed E-state index contributed by atoms with van der Waals surface area (Å²) in [7, 11) is 0. The zero-order chi connectivity index (χ0) is 20.3. The Hall–Kier alpha value is -2.74. The maximum Gasteiger partial charge on any atom is 0.251 e. The lowest BCUT2D eigenvalue weighted by atomic mass is 9.95.